The fourth-order valence-electron chi connectivity index (χ4n) is 5.12. The van der Waals surface area contributed by atoms with Crippen LogP contribution in [0.1, 0.15) is 49.6 Å². The second kappa shape index (κ2) is 10.5. The van der Waals surface area contributed by atoms with Gasteiger partial charge in [-0.05, 0) is 42.7 Å². The Hall–Kier alpha value is -3.03. The van der Waals surface area contributed by atoms with E-state index in [4.69, 9.17) is 9.72 Å². The van der Waals surface area contributed by atoms with E-state index in [2.05, 4.69) is 51.1 Å². The molecule has 1 saturated heterocycles. The third-order valence-electron chi connectivity index (χ3n) is 7.09. The van der Waals surface area contributed by atoms with Gasteiger partial charge in [0.15, 0.2) is 0 Å². The van der Waals surface area contributed by atoms with Crippen LogP contribution in [0, 0.1) is 0 Å². The average Bonchev–Trinajstić information content (AvgIpc) is 2.89. The maximum absolute atomic E-state index is 12.3. The van der Waals surface area contributed by atoms with Crippen molar-refractivity contribution in [3.05, 3.63) is 76.6 Å². The Kier molecular flexibility index (Phi) is 7.02. The first-order chi connectivity index (χ1) is 16.7. The Labute approximate surface area is 200 Å². The molecule has 1 aromatic carbocycles. The molecule has 1 unspecified atom stereocenters. The molecule has 1 aliphatic carbocycles. The summed E-state index contributed by atoms with van der Waals surface area (Å²) in [6.45, 7) is 2.81. The maximum atomic E-state index is 12.3. The molecule has 2 fully saturated rings. The predicted molar refractivity (Wildman–Crippen MR) is 134 cm³/mol. The van der Waals surface area contributed by atoms with Gasteiger partial charge in [-0.3, -0.25) is 14.7 Å². The number of hydrogen-bond donors (Lipinski definition) is 1. The summed E-state index contributed by atoms with van der Waals surface area (Å²) in [6.07, 6.45) is 10.1. The number of aromatic amines is 1. The zero-order valence-corrected chi connectivity index (χ0v) is 19.8. The molecule has 0 bridgehead atoms. The van der Waals surface area contributed by atoms with Crippen molar-refractivity contribution >= 4 is 5.69 Å². The molecular formula is C27H33N5O2. The maximum Gasteiger partial charge on any atom is 0.251 e. The molecule has 0 amide bonds. The number of rotatable bonds is 6. The quantitative estimate of drug-likeness (QED) is 0.596. The van der Waals surface area contributed by atoms with E-state index >= 15 is 0 Å². The van der Waals surface area contributed by atoms with Gasteiger partial charge < -0.3 is 14.6 Å². The zero-order chi connectivity index (χ0) is 23.3. The molecule has 7 heteroatoms. The van der Waals surface area contributed by atoms with Crippen LogP contribution in [0.2, 0.25) is 0 Å². The van der Waals surface area contributed by atoms with Gasteiger partial charge in [0.2, 0.25) is 0 Å². The SMILES string of the molecule is CN(c1ccc(C2CN(Cc3nc(-c4ccncc4)cc(=O)[nH]3)CCO2)cc1)C1CCCCC1. The van der Waals surface area contributed by atoms with Crippen LogP contribution < -0.4 is 10.5 Å². The Balaban J connectivity index is 1.25. The van der Waals surface area contributed by atoms with Crippen LogP contribution >= 0.6 is 0 Å². The lowest BCUT2D eigenvalue weighted by atomic mass is 9.94. The monoisotopic (exact) mass is 459 g/mol. The van der Waals surface area contributed by atoms with Crippen LogP contribution in [0.5, 0.6) is 0 Å². The molecule has 3 heterocycles. The van der Waals surface area contributed by atoms with E-state index in [-0.39, 0.29) is 11.7 Å². The van der Waals surface area contributed by atoms with Crippen molar-refractivity contribution in [2.45, 2.75) is 50.8 Å². The van der Waals surface area contributed by atoms with Crippen LogP contribution in [-0.4, -0.2) is 52.6 Å². The van der Waals surface area contributed by atoms with Crippen LogP contribution in [0.4, 0.5) is 5.69 Å². The van der Waals surface area contributed by atoms with Crippen molar-refractivity contribution < 1.29 is 4.74 Å². The second-order valence-corrected chi connectivity index (χ2v) is 9.40. The number of nitrogens with one attached hydrogen (secondary N) is 1. The Bertz CT molecular complexity index is 1130. The number of nitrogens with zero attached hydrogens (tertiary/aromatic N) is 4. The van der Waals surface area contributed by atoms with Gasteiger partial charge in [-0.15, -0.1) is 0 Å². The summed E-state index contributed by atoms with van der Waals surface area (Å²) >= 11 is 0. The van der Waals surface area contributed by atoms with Crippen LogP contribution in [0.3, 0.4) is 0 Å². The number of aromatic nitrogens is 3. The van der Waals surface area contributed by atoms with E-state index < -0.39 is 0 Å². The Morgan fingerprint density at radius 1 is 1.09 bits per heavy atom. The van der Waals surface area contributed by atoms with Gasteiger partial charge in [-0.1, -0.05) is 31.4 Å². The minimum atomic E-state index is -0.140. The first-order valence-corrected chi connectivity index (χ1v) is 12.3. The number of morpholine rings is 1. The highest BCUT2D eigenvalue weighted by molar-refractivity contribution is 5.57. The van der Waals surface area contributed by atoms with Crippen LogP contribution in [0.15, 0.2) is 59.7 Å². The molecule has 0 spiro atoms. The van der Waals surface area contributed by atoms with Crippen molar-refractivity contribution in [1.29, 1.82) is 0 Å². The number of H-pyrrole nitrogens is 1. The van der Waals surface area contributed by atoms with Crippen LogP contribution in [-0.2, 0) is 11.3 Å². The molecule has 1 N–H and O–H groups in total. The summed E-state index contributed by atoms with van der Waals surface area (Å²) < 4.78 is 6.11. The third-order valence-corrected chi connectivity index (χ3v) is 7.09. The second-order valence-electron chi connectivity index (χ2n) is 9.40. The molecule has 2 aromatic heterocycles. The number of hydrogen-bond acceptors (Lipinski definition) is 6. The third kappa shape index (κ3) is 5.37. The fraction of sp³-hybridized carbons (Fsp3) is 0.444. The molecule has 1 saturated carbocycles. The molecule has 2 aliphatic rings. The smallest absolute Gasteiger partial charge is 0.251 e. The predicted octanol–water partition coefficient (Wildman–Crippen LogP) is 4.17. The molecular weight excluding hydrogens is 426 g/mol. The molecule has 1 atom stereocenters. The molecule has 7 nitrogen and oxygen atoms in total. The summed E-state index contributed by atoms with van der Waals surface area (Å²) in [5.41, 5.74) is 3.89. The van der Waals surface area contributed by atoms with E-state index in [1.54, 1.807) is 12.4 Å². The van der Waals surface area contributed by atoms with Gasteiger partial charge >= 0.3 is 0 Å². The highest BCUT2D eigenvalue weighted by Gasteiger charge is 2.24. The topological polar surface area (TPSA) is 74.4 Å². The number of pyridine rings is 1. The minimum Gasteiger partial charge on any atom is -0.372 e. The van der Waals surface area contributed by atoms with Crippen molar-refractivity contribution in [1.82, 2.24) is 19.9 Å². The molecule has 3 aromatic rings. The van der Waals surface area contributed by atoms with Crippen molar-refractivity contribution in [2.75, 3.05) is 31.6 Å². The van der Waals surface area contributed by atoms with Crippen molar-refractivity contribution in [3.8, 4) is 11.3 Å². The van der Waals surface area contributed by atoms with Gasteiger partial charge in [0.05, 0.1) is 24.9 Å². The van der Waals surface area contributed by atoms with E-state index in [1.165, 1.54) is 49.4 Å². The van der Waals surface area contributed by atoms with E-state index in [0.717, 1.165) is 18.7 Å². The number of ether oxygens (including phenoxy) is 1. The average molecular weight is 460 g/mol. The summed E-state index contributed by atoms with van der Waals surface area (Å²) in [7, 11) is 2.22. The summed E-state index contributed by atoms with van der Waals surface area (Å²) in [6, 6.07) is 14.8. The van der Waals surface area contributed by atoms with Crippen molar-refractivity contribution in [2.24, 2.45) is 0 Å². The molecule has 0 radical (unpaired) electrons. The molecule has 5 rings (SSSR count). The summed E-state index contributed by atoms with van der Waals surface area (Å²) in [4.78, 5) is 28.6. The van der Waals surface area contributed by atoms with Gasteiger partial charge in [0.1, 0.15) is 5.82 Å². The lowest BCUT2D eigenvalue weighted by Crippen LogP contribution is -2.38. The molecule has 178 valence electrons. The largest absolute Gasteiger partial charge is 0.372 e. The lowest BCUT2D eigenvalue weighted by molar-refractivity contribution is -0.0336. The first-order valence-electron chi connectivity index (χ1n) is 12.3. The highest BCUT2D eigenvalue weighted by Crippen LogP contribution is 2.29. The molecule has 1 aliphatic heterocycles. The number of benzene rings is 1. The minimum absolute atomic E-state index is 0.0119. The van der Waals surface area contributed by atoms with Crippen molar-refractivity contribution in [3.63, 3.8) is 0 Å². The fourth-order valence-corrected chi connectivity index (χ4v) is 5.12. The van der Waals surface area contributed by atoms with E-state index in [9.17, 15) is 4.79 Å². The highest BCUT2D eigenvalue weighted by atomic mass is 16.5. The van der Waals surface area contributed by atoms with Crippen LogP contribution in [0.25, 0.3) is 11.3 Å². The summed E-state index contributed by atoms with van der Waals surface area (Å²) in [5.74, 6) is 0.671. The van der Waals surface area contributed by atoms with E-state index in [1.807, 2.05) is 12.1 Å². The Morgan fingerprint density at radius 3 is 2.62 bits per heavy atom. The summed E-state index contributed by atoms with van der Waals surface area (Å²) in [5, 5.41) is 0. The Morgan fingerprint density at radius 2 is 1.85 bits per heavy atom. The normalized spacial score (nSPS) is 19.7. The van der Waals surface area contributed by atoms with Gasteiger partial charge in [-0.25, -0.2) is 4.98 Å². The lowest BCUT2D eigenvalue weighted by Gasteiger charge is -2.34. The zero-order valence-electron chi connectivity index (χ0n) is 19.8. The van der Waals surface area contributed by atoms with Gasteiger partial charge in [0, 0.05) is 55.9 Å². The molecule has 34 heavy (non-hydrogen) atoms. The van der Waals surface area contributed by atoms with Gasteiger partial charge in [-0.2, -0.15) is 0 Å². The first kappa shape index (κ1) is 22.7. The standard InChI is InChI=1S/C27H33N5O2/c1-31(22-5-3-2-4-6-22)23-9-7-21(8-10-23)25-18-32(15-16-34-25)19-26-29-24(17-27(33)30-26)20-11-13-28-14-12-20/h7-14,17,22,25H,2-6,15-16,18-19H2,1H3,(H,29,30,33). The number of anilines is 1. The van der Waals surface area contributed by atoms with Gasteiger partial charge in [0.25, 0.3) is 5.56 Å². The van der Waals surface area contributed by atoms with E-state index in [0.29, 0.717) is 30.7 Å².